The summed E-state index contributed by atoms with van der Waals surface area (Å²) in [5.74, 6) is -0.487. The highest BCUT2D eigenvalue weighted by molar-refractivity contribution is 7.66. The Kier molecular flexibility index (Phi) is 9.75. The Labute approximate surface area is 298 Å². The molecule has 296 valence electrons. The SMILES string of the molecule is COC1[C@@H]2OC[C@]1(COP(=O)(O)OP(=O)(O)OP(=O)(O)OC[C@H]1O[C@@H](n3cnc4c(=O)[nH]c(N)nc43)[C@@H](O)C1O)O[C@H]2[n+]1cn(C)c2c(=O)[nH]c(N)nc21. The second-order valence-electron chi connectivity index (χ2n) is 12.2. The number of ether oxygens (including phenoxy) is 4. The molecule has 5 unspecified atom stereocenters. The number of anilines is 2. The number of phosphoric ester groups is 2. The molecule has 0 spiro atoms. The van der Waals surface area contributed by atoms with Gasteiger partial charge < -0.3 is 55.3 Å². The Balaban J connectivity index is 0.979. The molecule has 7 rings (SSSR count). The summed E-state index contributed by atoms with van der Waals surface area (Å²) in [5.41, 5.74) is 8.30. The van der Waals surface area contributed by atoms with Gasteiger partial charge >= 0.3 is 29.1 Å². The maximum Gasteiger partial charge on any atom is 0.490 e. The number of aryl methyl sites for hydroxylation is 1. The van der Waals surface area contributed by atoms with E-state index < -0.39 is 96.4 Å². The highest BCUT2D eigenvalue weighted by atomic mass is 31.3. The third-order valence-electron chi connectivity index (χ3n) is 8.64. The van der Waals surface area contributed by atoms with Gasteiger partial charge in [-0.05, 0) is 0 Å². The lowest BCUT2D eigenvalue weighted by Crippen LogP contribution is -2.50. The third kappa shape index (κ3) is 6.94. The van der Waals surface area contributed by atoms with Crippen LogP contribution in [0.5, 0.6) is 0 Å². The first-order chi connectivity index (χ1) is 25.2. The number of hydrogen-bond acceptors (Lipinski definition) is 20. The van der Waals surface area contributed by atoms with Crippen LogP contribution in [0.4, 0.5) is 11.9 Å². The van der Waals surface area contributed by atoms with Crippen LogP contribution in [0.1, 0.15) is 12.5 Å². The summed E-state index contributed by atoms with van der Waals surface area (Å²) < 4.78 is 82.9. The molecular formula is C23H32N10O18P3+. The van der Waals surface area contributed by atoms with E-state index in [2.05, 4.69) is 38.1 Å². The average molecular weight is 829 g/mol. The van der Waals surface area contributed by atoms with Crippen molar-refractivity contribution in [3.8, 4) is 0 Å². The number of phosphoric acid groups is 3. The Bertz CT molecular complexity index is 2390. The maximum atomic E-state index is 12.8. The van der Waals surface area contributed by atoms with E-state index in [1.165, 1.54) is 22.6 Å². The number of hydrogen-bond donors (Lipinski definition) is 9. The van der Waals surface area contributed by atoms with Gasteiger partial charge in [0.25, 0.3) is 17.1 Å². The predicted octanol–water partition coefficient (Wildman–Crippen LogP) is -3.49. The minimum atomic E-state index is -5.97. The molecule has 31 heteroatoms. The molecule has 0 saturated carbocycles. The molecule has 7 heterocycles. The topological polar surface area (TPSA) is 396 Å². The zero-order valence-electron chi connectivity index (χ0n) is 27.5. The van der Waals surface area contributed by atoms with Gasteiger partial charge in [-0.15, -0.1) is 0 Å². The predicted molar refractivity (Wildman–Crippen MR) is 171 cm³/mol. The number of nitrogen functional groups attached to an aromatic ring is 2. The molecule has 4 aromatic heterocycles. The van der Waals surface area contributed by atoms with Gasteiger partial charge in [0.2, 0.25) is 17.7 Å². The van der Waals surface area contributed by atoms with Crippen molar-refractivity contribution in [3.05, 3.63) is 33.4 Å². The minimum absolute atomic E-state index is 0.105. The van der Waals surface area contributed by atoms with Crippen LogP contribution < -0.4 is 27.2 Å². The van der Waals surface area contributed by atoms with E-state index in [-0.39, 0.29) is 40.8 Å². The minimum Gasteiger partial charge on any atom is -0.387 e. The van der Waals surface area contributed by atoms with Crippen molar-refractivity contribution < 1.29 is 79.8 Å². The summed E-state index contributed by atoms with van der Waals surface area (Å²) in [7, 11) is -14.4. The number of aliphatic hydroxyl groups excluding tert-OH is 2. The van der Waals surface area contributed by atoms with Crippen LogP contribution in [0.3, 0.4) is 0 Å². The lowest BCUT2D eigenvalue weighted by Gasteiger charge is -2.30. The van der Waals surface area contributed by atoms with E-state index in [0.29, 0.717) is 0 Å². The van der Waals surface area contributed by atoms with Gasteiger partial charge in [-0.1, -0.05) is 4.98 Å². The second-order valence-corrected chi connectivity index (χ2v) is 16.9. The molecule has 3 aliphatic rings. The number of aromatic amines is 2. The number of H-pyrrole nitrogens is 2. The van der Waals surface area contributed by atoms with Crippen molar-refractivity contribution >= 4 is 57.7 Å². The average Bonchev–Trinajstić information content (AvgIpc) is 3.85. The van der Waals surface area contributed by atoms with E-state index in [9.17, 15) is 48.2 Å². The maximum absolute atomic E-state index is 12.8. The van der Waals surface area contributed by atoms with Crippen molar-refractivity contribution in [1.82, 2.24) is 34.1 Å². The molecule has 0 aromatic carbocycles. The van der Waals surface area contributed by atoms with Crippen LogP contribution in [0, 0.1) is 0 Å². The summed E-state index contributed by atoms with van der Waals surface area (Å²) >= 11 is 0. The van der Waals surface area contributed by atoms with Gasteiger partial charge in [-0.3, -0.25) is 37.7 Å². The quantitative estimate of drug-likeness (QED) is 0.0466. The summed E-state index contributed by atoms with van der Waals surface area (Å²) in [6.45, 7) is -2.21. The molecule has 0 aliphatic carbocycles. The molecule has 3 saturated heterocycles. The number of aliphatic hydroxyl groups is 2. The molecule has 0 amide bonds. The number of fused-ring (bicyclic) bond motifs is 4. The Hall–Kier alpha value is -3.53. The zero-order valence-corrected chi connectivity index (χ0v) is 30.2. The van der Waals surface area contributed by atoms with Crippen LogP contribution in [-0.2, 0) is 57.4 Å². The fourth-order valence-corrected chi connectivity index (χ4v) is 10.00. The first kappa shape index (κ1) is 38.7. The largest absolute Gasteiger partial charge is 0.490 e. The van der Waals surface area contributed by atoms with Crippen LogP contribution >= 0.6 is 23.5 Å². The number of nitrogens with two attached hydrogens (primary N) is 2. The van der Waals surface area contributed by atoms with E-state index >= 15 is 0 Å². The number of imidazole rings is 2. The Morgan fingerprint density at radius 3 is 2.39 bits per heavy atom. The molecule has 11 atom stereocenters. The number of aromatic nitrogens is 8. The van der Waals surface area contributed by atoms with Crippen LogP contribution in [0.2, 0.25) is 0 Å². The van der Waals surface area contributed by atoms with Crippen molar-refractivity contribution in [2.24, 2.45) is 7.05 Å². The standard InChI is InChI=1S/C23H31N10O18P3/c1-31-7-33(16-10(31)18(37)30-22(25)28-16)20-13-14(44-2)23(49-20,4-45-13)5-47-53(40,41)51-54(42,43)50-52(38,39)46-3-8-11(34)12(35)19(48-8)32-6-26-9-15(32)27-21(24)29-17(9)36/h6-8,11-14,19-20,34-35H,3-5H2,1-2H3,(H8-,24,25,27,28,29,30,36,37,38,39,40,41,42,43)/p+1/t8-,11?,12+,13+,14?,19-,20-,23-/m1/s1. The fraction of sp³-hybridized carbons (Fsp3) is 0.565. The molecule has 3 aliphatic heterocycles. The van der Waals surface area contributed by atoms with Gasteiger partial charge in [0, 0.05) is 7.11 Å². The smallest absolute Gasteiger partial charge is 0.387 e. The third-order valence-corrected chi connectivity index (χ3v) is 12.9. The molecule has 2 bridgehead atoms. The normalized spacial score (nSPS) is 31.6. The summed E-state index contributed by atoms with van der Waals surface area (Å²) in [6, 6.07) is 0. The summed E-state index contributed by atoms with van der Waals surface area (Å²) in [5, 5.41) is 21.1. The number of nitrogens with one attached hydrogen (secondary N) is 2. The first-order valence-corrected chi connectivity index (χ1v) is 19.7. The number of nitrogens with zero attached hydrogens (tertiary/aromatic N) is 6. The molecule has 4 aromatic rings. The van der Waals surface area contributed by atoms with Crippen LogP contribution in [0.25, 0.3) is 22.3 Å². The van der Waals surface area contributed by atoms with Gasteiger partial charge in [-0.25, -0.2) is 23.2 Å². The van der Waals surface area contributed by atoms with Crippen molar-refractivity contribution in [2.75, 3.05) is 38.4 Å². The zero-order chi connectivity index (χ0) is 39.1. The second kappa shape index (κ2) is 13.6. The van der Waals surface area contributed by atoms with E-state index in [0.717, 1.165) is 10.9 Å². The molecule has 54 heavy (non-hydrogen) atoms. The molecule has 0 radical (unpaired) electrons. The first-order valence-electron chi connectivity index (χ1n) is 15.3. The van der Waals surface area contributed by atoms with Gasteiger partial charge in [-0.2, -0.15) is 13.6 Å². The molecule has 11 N–H and O–H groups in total. The fourth-order valence-electron chi connectivity index (χ4n) is 6.43. The van der Waals surface area contributed by atoms with Crippen LogP contribution in [-0.4, -0.2) is 122 Å². The lowest BCUT2D eigenvalue weighted by atomic mass is 10.0. The van der Waals surface area contributed by atoms with Crippen LogP contribution in [0.15, 0.2) is 22.2 Å². The van der Waals surface area contributed by atoms with E-state index in [1.807, 2.05) is 0 Å². The summed E-state index contributed by atoms with van der Waals surface area (Å²) in [4.78, 5) is 71.7. The lowest BCUT2D eigenvalue weighted by molar-refractivity contribution is -0.752. The van der Waals surface area contributed by atoms with Crippen molar-refractivity contribution in [3.63, 3.8) is 0 Å². The van der Waals surface area contributed by atoms with Gasteiger partial charge in [0.05, 0.1) is 33.2 Å². The molecular weight excluding hydrogens is 797 g/mol. The van der Waals surface area contributed by atoms with E-state index in [4.69, 9.17) is 34.9 Å². The van der Waals surface area contributed by atoms with E-state index in [1.54, 1.807) is 7.05 Å². The number of rotatable bonds is 13. The van der Waals surface area contributed by atoms with Gasteiger partial charge in [0.1, 0.15) is 36.1 Å². The highest BCUT2D eigenvalue weighted by Crippen LogP contribution is 2.68. The highest BCUT2D eigenvalue weighted by Gasteiger charge is 2.65. The van der Waals surface area contributed by atoms with Crippen molar-refractivity contribution in [2.45, 2.75) is 48.6 Å². The number of methoxy groups -OCH3 is 1. The summed E-state index contributed by atoms with van der Waals surface area (Å²) in [6.07, 6.45) is -7.03. The Morgan fingerprint density at radius 2 is 1.69 bits per heavy atom. The van der Waals surface area contributed by atoms with Gasteiger partial charge in [0.15, 0.2) is 23.7 Å². The monoisotopic (exact) mass is 829 g/mol. The molecule has 3 fully saturated rings. The van der Waals surface area contributed by atoms with Crippen molar-refractivity contribution in [1.29, 1.82) is 0 Å². The Morgan fingerprint density at radius 1 is 1.02 bits per heavy atom. The molecule has 28 nitrogen and oxygen atoms in total.